The third-order valence-electron chi connectivity index (χ3n) is 8.02. The van der Waals surface area contributed by atoms with Crippen molar-refractivity contribution in [3.05, 3.63) is 88.7 Å². The Morgan fingerprint density at radius 2 is 1.16 bits per heavy atom. The van der Waals surface area contributed by atoms with Gasteiger partial charge >= 0.3 is 17.9 Å². The van der Waals surface area contributed by atoms with Crippen molar-refractivity contribution in [3.8, 4) is 17.2 Å². The summed E-state index contributed by atoms with van der Waals surface area (Å²) in [5, 5.41) is 0. The summed E-state index contributed by atoms with van der Waals surface area (Å²) in [5.41, 5.74) is -0.701. The Bertz CT molecular complexity index is 1520. The lowest BCUT2D eigenvalue weighted by Gasteiger charge is -2.16. The molecule has 0 saturated heterocycles. The van der Waals surface area contributed by atoms with Crippen LogP contribution in [0.5, 0.6) is 17.2 Å². The van der Waals surface area contributed by atoms with Gasteiger partial charge in [0.05, 0.1) is 23.3 Å². The van der Waals surface area contributed by atoms with E-state index in [0.717, 1.165) is 81.3 Å². The molecule has 3 aromatic rings. The van der Waals surface area contributed by atoms with Crippen molar-refractivity contribution in [1.82, 2.24) is 0 Å². The van der Waals surface area contributed by atoms with E-state index in [1.54, 1.807) is 0 Å². The number of rotatable bonds is 21. The molecule has 0 aliphatic rings. The molecule has 0 radical (unpaired) electrons. The van der Waals surface area contributed by atoms with Gasteiger partial charge in [0.2, 0.25) is 0 Å². The van der Waals surface area contributed by atoms with Gasteiger partial charge in [0, 0.05) is 6.07 Å². The number of benzene rings is 3. The second kappa shape index (κ2) is 20.9. The maximum atomic E-state index is 14.8. The number of carbonyl (C=O) groups is 3. The Kier molecular flexibility index (Phi) is 16.7. The van der Waals surface area contributed by atoms with Gasteiger partial charge in [-0.25, -0.2) is 27.6 Å². The third-order valence-corrected chi connectivity index (χ3v) is 8.02. The van der Waals surface area contributed by atoms with Crippen molar-refractivity contribution in [2.45, 2.75) is 110 Å². The first kappa shape index (κ1) is 39.1. The fraction of sp³-hybridized carbons (Fsp3) is 0.462. The number of unbranched alkanes of at least 4 members (excludes halogenated alkanes) is 9. The van der Waals surface area contributed by atoms with Gasteiger partial charge in [-0.05, 0) is 74.2 Å². The van der Waals surface area contributed by atoms with Crippen molar-refractivity contribution in [3.63, 3.8) is 0 Å². The number of halogens is 3. The van der Waals surface area contributed by atoms with Crippen LogP contribution in [-0.2, 0) is 4.74 Å². The zero-order valence-electron chi connectivity index (χ0n) is 28.7. The minimum atomic E-state index is -1.05. The SMILES string of the molecule is CCCCCCCCCOc1ccc(C(=O)Oc2ccc(C(=O)Oc3ccc(C(=O)OC(CC)CCCCCC)c(F)c3)cc2F)cc1F. The Morgan fingerprint density at radius 3 is 1.76 bits per heavy atom. The molecule has 7 nitrogen and oxygen atoms in total. The monoisotopic (exact) mass is 684 g/mol. The van der Waals surface area contributed by atoms with E-state index in [-0.39, 0.29) is 34.3 Å². The molecule has 266 valence electrons. The van der Waals surface area contributed by atoms with Crippen LogP contribution in [0.15, 0.2) is 54.6 Å². The van der Waals surface area contributed by atoms with E-state index in [1.165, 1.54) is 43.9 Å². The highest BCUT2D eigenvalue weighted by Gasteiger charge is 2.21. The second-order valence-electron chi connectivity index (χ2n) is 12.0. The first-order valence-electron chi connectivity index (χ1n) is 17.3. The molecule has 49 heavy (non-hydrogen) atoms. The summed E-state index contributed by atoms with van der Waals surface area (Å²) in [6.07, 6.45) is 12.7. The van der Waals surface area contributed by atoms with E-state index in [2.05, 4.69) is 13.8 Å². The Labute approximate surface area is 287 Å². The van der Waals surface area contributed by atoms with Crippen LogP contribution in [0.4, 0.5) is 13.2 Å². The van der Waals surface area contributed by atoms with Crippen LogP contribution in [0.1, 0.15) is 135 Å². The van der Waals surface area contributed by atoms with Crippen LogP contribution < -0.4 is 14.2 Å². The summed E-state index contributed by atoms with van der Waals surface area (Å²) in [6.45, 7) is 6.51. The average Bonchev–Trinajstić information content (AvgIpc) is 3.08. The molecule has 1 unspecified atom stereocenters. The number of ether oxygens (including phenoxy) is 4. The molecule has 0 aliphatic heterocycles. The zero-order chi connectivity index (χ0) is 35.6. The smallest absolute Gasteiger partial charge is 0.343 e. The summed E-state index contributed by atoms with van der Waals surface area (Å²) in [4.78, 5) is 37.8. The Balaban J connectivity index is 1.52. The lowest BCUT2D eigenvalue weighted by atomic mass is 10.1. The molecule has 0 fully saturated rings. The van der Waals surface area contributed by atoms with Crippen LogP contribution in [0.2, 0.25) is 0 Å². The maximum Gasteiger partial charge on any atom is 0.343 e. The van der Waals surface area contributed by atoms with Crippen LogP contribution in [-0.4, -0.2) is 30.6 Å². The summed E-state index contributed by atoms with van der Waals surface area (Å²) in [5.74, 6) is -6.28. The van der Waals surface area contributed by atoms with Gasteiger partial charge in [0.25, 0.3) is 0 Å². The highest BCUT2D eigenvalue weighted by Crippen LogP contribution is 2.25. The summed E-state index contributed by atoms with van der Waals surface area (Å²) in [6, 6.07) is 9.84. The van der Waals surface area contributed by atoms with Crippen molar-refractivity contribution in [2.24, 2.45) is 0 Å². The molecule has 3 rings (SSSR count). The largest absolute Gasteiger partial charge is 0.491 e. The van der Waals surface area contributed by atoms with Gasteiger partial charge in [-0.3, -0.25) is 0 Å². The van der Waals surface area contributed by atoms with E-state index < -0.39 is 41.1 Å². The normalized spacial score (nSPS) is 11.6. The molecule has 0 N–H and O–H groups in total. The molecule has 10 heteroatoms. The second-order valence-corrected chi connectivity index (χ2v) is 12.0. The standard InChI is InChI=1S/C39H47F3O7/c1-4-7-9-11-12-13-15-23-46-35-21-17-28(24-33(35)41)38(44)49-36-22-18-27(25-34(36)42)37(43)48-30-19-20-31(32(40)26-30)39(45)47-29(6-3)16-14-10-8-5-2/h17-22,24-26,29H,4-16,23H2,1-3H3. The molecule has 0 saturated carbocycles. The lowest BCUT2D eigenvalue weighted by Crippen LogP contribution is -2.18. The maximum absolute atomic E-state index is 14.8. The minimum Gasteiger partial charge on any atom is -0.491 e. The third kappa shape index (κ3) is 12.9. The number of esters is 3. The predicted octanol–water partition coefficient (Wildman–Crippen LogP) is 10.6. The molecular weight excluding hydrogens is 637 g/mol. The number of hydrogen-bond acceptors (Lipinski definition) is 7. The van der Waals surface area contributed by atoms with Gasteiger partial charge in [-0.2, -0.15) is 0 Å². The summed E-state index contributed by atoms with van der Waals surface area (Å²) < 4.78 is 65.4. The fourth-order valence-electron chi connectivity index (χ4n) is 5.11. The molecule has 1 atom stereocenters. The first-order chi connectivity index (χ1) is 23.7. The van der Waals surface area contributed by atoms with Crippen LogP contribution in [0, 0.1) is 17.5 Å². The van der Waals surface area contributed by atoms with Crippen LogP contribution >= 0.6 is 0 Å². The highest BCUT2D eigenvalue weighted by atomic mass is 19.1. The van der Waals surface area contributed by atoms with Crippen LogP contribution in [0.3, 0.4) is 0 Å². The van der Waals surface area contributed by atoms with Crippen LogP contribution in [0.25, 0.3) is 0 Å². The van der Waals surface area contributed by atoms with E-state index in [9.17, 15) is 27.6 Å². The molecule has 3 aromatic carbocycles. The van der Waals surface area contributed by atoms with Crippen molar-refractivity contribution in [2.75, 3.05) is 6.61 Å². The quantitative estimate of drug-likeness (QED) is 0.0627. The van der Waals surface area contributed by atoms with E-state index >= 15 is 0 Å². The van der Waals surface area contributed by atoms with Gasteiger partial charge in [-0.1, -0.05) is 78.6 Å². The highest BCUT2D eigenvalue weighted by molar-refractivity contribution is 5.93. The predicted molar refractivity (Wildman–Crippen MR) is 181 cm³/mol. The fourth-order valence-corrected chi connectivity index (χ4v) is 5.11. The van der Waals surface area contributed by atoms with Gasteiger partial charge in [0.1, 0.15) is 17.7 Å². The van der Waals surface area contributed by atoms with E-state index in [1.807, 2.05) is 6.92 Å². The first-order valence-corrected chi connectivity index (χ1v) is 17.3. The molecule has 0 aromatic heterocycles. The van der Waals surface area contributed by atoms with Gasteiger partial charge in [0.15, 0.2) is 23.1 Å². The van der Waals surface area contributed by atoms with E-state index in [4.69, 9.17) is 18.9 Å². The molecular formula is C39H47F3O7. The average molecular weight is 685 g/mol. The van der Waals surface area contributed by atoms with E-state index in [0.29, 0.717) is 19.4 Å². The van der Waals surface area contributed by atoms with Gasteiger partial charge in [-0.15, -0.1) is 0 Å². The molecule has 0 aliphatic carbocycles. The molecule has 0 amide bonds. The van der Waals surface area contributed by atoms with Gasteiger partial charge < -0.3 is 18.9 Å². The van der Waals surface area contributed by atoms with Crippen molar-refractivity contribution < 1.29 is 46.5 Å². The molecule has 0 bridgehead atoms. The summed E-state index contributed by atoms with van der Waals surface area (Å²) >= 11 is 0. The minimum absolute atomic E-state index is 0.00401. The molecule has 0 spiro atoms. The topological polar surface area (TPSA) is 88.1 Å². The Morgan fingerprint density at radius 1 is 0.592 bits per heavy atom. The number of carbonyl (C=O) groups excluding carboxylic acids is 3. The molecule has 0 heterocycles. The van der Waals surface area contributed by atoms with Crippen molar-refractivity contribution in [1.29, 1.82) is 0 Å². The number of hydrogen-bond donors (Lipinski definition) is 0. The van der Waals surface area contributed by atoms with Crippen molar-refractivity contribution >= 4 is 17.9 Å². The summed E-state index contributed by atoms with van der Waals surface area (Å²) in [7, 11) is 0. The lowest BCUT2D eigenvalue weighted by molar-refractivity contribution is 0.0261. The Hall–Kier alpha value is -4.34. The zero-order valence-corrected chi connectivity index (χ0v) is 28.7.